The van der Waals surface area contributed by atoms with Crippen LogP contribution in [0.1, 0.15) is 24.7 Å². The van der Waals surface area contributed by atoms with E-state index in [-0.39, 0.29) is 0 Å². The second-order valence-corrected chi connectivity index (χ2v) is 4.16. The third kappa shape index (κ3) is 1.95. The predicted molar refractivity (Wildman–Crippen MR) is 67.5 cm³/mol. The van der Waals surface area contributed by atoms with Crippen LogP contribution >= 0.6 is 0 Å². The first-order chi connectivity index (χ1) is 7.76. The van der Waals surface area contributed by atoms with Crippen molar-refractivity contribution in [3.05, 3.63) is 29.6 Å². The van der Waals surface area contributed by atoms with Crippen LogP contribution in [0.5, 0.6) is 0 Å². The topological polar surface area (TPSA) is 43.8 Å². The molecular weight excluding hydrogens is 198 g/mol. The lowest BCUT2D eigenvalue weighted by atomic mass is 10.1. The van der Waals surface area contributed by atoms with Gasteiger partial charge in [-0.25, -0.2) is 4.98 Å². The van der Waals surface area contributed by atoms with Gasteiger partial charge in [-0.3, -0.25) is 0 Å². The van der Waals surface area contributed by atoms with E-state index in [2.05, 4.69) is 41.7 Å². The summed E-state index contributed by atoms with van der Waals surface area (Å²) in [5.41, 5.74) is 9.21. The van der Waals surface area contributed by atoms with E-state index in [1.54, 1.807) is 0 Å². The molecule has 3 heteroatoms. The lowest BCUT2D eigenvalue weighted by molar-refractivity contribution is 0.741. The summed E-state index contributed by atoms with van der Waals surface area (Å²) in [7, 11) is 2.08. The predicted octanol–water partition coefficient (Wildman–Crippen LogP) is 2.03. The van der Waals surface area contributed by atoms with Crippen LogP contribution in [0, 0.1) is 0 Å². The molecule has 0 radical (unpaired) electrons. The maximum Gasteiger partial charge on any atom is 0.109 e. The molecule has 0 aliphatic heterocycles. The summed E-state index contributed by atoms with van der Waals surface area (Å²) in [6.07, 6.45) is 3.03. The van der Waals surface area contributed by atoms with Gasteiger partial charge in [0.15, 0.2) is 0 Å². The number of fused-ring (bicyclic) bond motifs is 1. The molecule has 16 heavy (non-hydrogen) atoms. The number of rotatable bonds is 4. The Morgan fingerprint density at radius 2 is 2.19 bits per heavy atom. The summed E-state index contributed by atoms with van der Waals surface area (Å²) >= 11 is 0. The summed E-state index contributed by atoms with van der Waals surface area (Å²) in [5, 5.41) is 0. The Bertz CT molecular complexity index is 485. The lowest BCUT2D eigenvalue weighted by Crippen LogP contribution is -2.04. The molecule has 1 heterocycles. The summed E-state index contributed by atoms with van der Waals surface area (Å²) in [4.78, 5) is 4.63. The first-order valence-electron chi connectivity index (χ1n) is 5.90. The minimum Gasteiger partial charge on any atom is -0.331 e. The summed E-state index contributed by atoms with van der Waals surface area (Å²) in [5.74, 6) is 1.13. The van der Waals surface area contributed by atoms with Crippen LogP contribution in [-0.2, 0) is 19.9 Å². The second kappa shape index (κ2) is 4.66. The molecule has 0 spiro atoms. The van der Waals surface area contributed by atoms with E-state index in [9.17, 15) is 0 Å². The molecule has 86 valence electrons. The standard InChI is InChI=1S/C13H19N3/c1-3-10-6-7-11-12(9-10)16(2)13(15-11)5-4-8-14/h6-7,9H,3-5,8,14H2,1-2H3. The van der Waals surface area contributed by atoms with Gasteiger partial charge in [0.05, 0.1) is 11.0 Å². The van der Waals surface area contributed by atoms with Crippen LogP contribution in [0.4, 0.5) is 0 Å². The Labute approximate surface area is 96.3 Å². The lowest BCUT2D eigenvalue weighted by Gasteiger charge is -2.01. The molecule has 0 saturated carbocycles. The number of aryl methyl sites for hydroxylation is 3. The zero-order valence-electron chi connectivity index (χ0n) is 10.0. The van der Waals surface area contributed by atoms with Gasteiger partial charge in [-0.1, -0.05) is 13.0 Å². The molecule has 1 aromatic heterocycles. The number of imidazole rings is 1. The Balaban J connectivity index is 2.42. The van der Waals surface area contributed by atoms with Gasteiger partial charge in [0.25, 0.3) is 0 Å². The van der Waals surface area contributed by atoms with Crippen molar-refractivity contribution < 1.29 is 0 Å². The van der Waals surface area contributed by atoms with E-state index >= 15 is 0 Å². The SMILES string of the molecule is CCc1ccc2nc(CCCN)n(C)c2c1. The number of aromatic nitrogens is 2. The van der Waals surface area contributed by atoms with E-state index < -0.39 is 0 Å². The van der Waals surface area contributed by atoms with E-state index in [0.717, 1.165) is 37.1 Å². The Hall–Kier alpha value is -1.35. The quantitative estimate of drug-likeness (QED) is 0.851. The summed E-state index contributed by atoms with van der Waals surface area (Å²) < 4.78 is 2.18. The highest BCUT2D eigenvalue weighted by Crippen LogP contribution is 2.17. The van der Waals surface area contributed by atoms with Crippen molar-refractivity contribution in [3.63, 3.8) is 0 Å². The molecular formula is C13H19N3. The highest BCUT2D eigenvalue weighted by molar-refractivity contribution is 5.76. The number of nitrogens with zero attached hydrogens (tertiary/aromatic N) is 2. The Morgan fingerprint density at radius 3 is 2.88 bits per heavy atom. The van der Waals surface area contributed by atoms with Gasteiger partial charge < -0.3 is 10.3 Å². The van der Waals surface area contributed by atoms with Crippen molar-refractivity contribution in [1.82, 2.24) is 9.55 Å². The van der Waals surface area contributed by atoms with E-state index in [0.29, 0.717) is 0 Å². The first kappa shape index (κ1) is 11.1. The van der Waals surface area contributed by atoms with Crippen LogP contribution in [0.2, 0.25) is 0 Å². The molecule has 0 saturated heterocycles. The van der Waals surface area contributed by atoms with Gasteiger partial charge in [0.1, 0.15) is 5.82 Å². The second-order valence-electron chi connectivity index (χ2n) is 4.16. The number of nitrogens with two attached hydrogens (primary N) is 1. The van der Waals surface area contributed by atoms with Gasteiger partial charge >= 0.3 is 0 Å². The fraction of sp³-hybridized carbons (Fsp3) is 0.462. The molecule has 1 aromatic carbocycles. The third-order valence-electron chi connectivity index (χ3n) is 3.05. The van der Waals surface area contributed by atoms with Crippen LogP contribution < -0.4 is 5.73 Å². The van der Waals surface area contributed by atoms with Gasteiger partial charge in [0, 0.05) is 13.5 Å². The Morgan fingerprint density at radius 1 is 1.38 bits per heavy atom. The average molecular weight is 217 g/mol. The smallest absolute Gasteiger partial charge is 0.109 e. The fourth-order valence-electron chi connectivity index (χ4n) is 1.99. The fourth-order valence-corrected chi connectivity index (χ4v) is 1.99. The molecule has 0 fully saturated rings. The van der Waals surface area contributed by atoms with E-state index in [1.807, 2.05) is 0 Å². The largest absolute Gasteiger partial charge is 0.331 e. The highest BCUT2D eigenvalue weighted by Gasteiger charge is 2.07. The monoisotopic (exact) mass is 217 g/mol. The van der Waals surface area contributed by atoms with Crippen LogP contribution in [0.25, 0.3) is 11.0 Å². The molecule has 0 atom stereocenters. The molecule has 0 aliphatic rings. The molecule has 2 aromatic rings. The zero-order valence-corrected chi connectivity index (χ0v) is 10.0. The molecule has 2 rings (SSSR count). The van der Waals surface area contributed by atoms with Gasteiger partial charge in [-0.15, -0.1) is 0 Å². The zero-order chi connectivity index (χ0) is 11.5. The van der Waals surface area contributed by atoms with Crippen molar-refractivity contribution in [1.29, 1.82) is 0 Å². The molecule has 0 amide bonds. The van der Waals surface area contributed by atoms with Crippen LogP contribution in [0.15, 0.2) is 18.2 Å². The first-order valence-corrected chi connectivity index (χ1v) is 5.90. The van der Waals surface area contributed by atoms with Crippen LogP contribution in [0.3, 0.4) is 0 Å². The highest BCUT2D eigenvalue weighted by atomic mass is 15.1. The van der Waals surface area contributed by atoms with E-state index in [1.165, 1.54) is 11.1 Å². The molecule has 0 aliphatic carbocycles. The van der Waals surface area contributed by atoms with Gasteiger partial charge in [-0.2, -0.15) is 0 Å². The van der Waals surface area contributed by atoms with E-state index in [4.69, 9.17) is 5.73 Å². The maximum absolute atomic E-state index is 5.53. The molecule has 0 bridgehead atoms. The molecule has 0 unspecified atom stereocenters. The van der Waals surface area contributed by atoms with Crippen molar-refractivity contribution in [2.24, 2.45) is 12.8 Å². The number of benzene rings is 1. The van der Waals surface area contributed by atoms with Crippen molar-refractivity contribution >= 4 is 11.0 Å². The number of hydrogen-bond donors (Lipinski definition) is 1. The molecule has 2 N–H and O–H groups in total. The Kier molecular flexibility index (Phi) is 3.25. The number of hydrogen-bond acceptors (Lipinski definition) is 2. The summed E-state index contributed by atoms with van der Waals surface area (Å²) in [6.45, 7) is 2.90. The average Bonchev–Trinajstić information content (AvgIpc) is 2.63. The van der Waals surface area contributed by atoms with Crippen molar-refractivity contribution in [3.8, 4) is 0 Å². The van der Waals surface area contributed by atoms with Crippen molar-refractivity contribution in [2.45, 2.75) is 26.2 Å². The minimum atomic E-state index is 0.726. The van der Waals surface area contributed by atoms with Crippen LogP contribution in [-0.4, -0.2) is 16.1 Å². The minimum absolute atomic E-state index is 0.726. The summed E-state index contributed by atoms with van der Waals surface area (Å²) in [6, 6.07) is 6.50. The maximum atomic E-state index is 5.53. The normalized spacial score (nSPS) is 11.2. The van der Waals surface area contributed by atoms with Gasteiger partial charge in [0.2, 0.25) is 0 Å². The third-order valence-corrected chi connectivity index (χ3v) is 3.05. The molecule has 3 nitrogen and oxygen atoms in total. The van der Waals surface area contributed by atoms with Gasteiger partial charge in [-0.05, 0) is 37.1 Å². The van der Waals surface area contributed by atoms with Crippen molar-refractivity contribution in [2.75, 3.05) is 6.54 Å².